The predicted molar refractivity (Wildman–Crippen MR) is 101 cm³/mol. The van der Waals surface area contributed by atoms with Crippen LogP contribution in [-0.4, -0.2) is 18.5 Å². The zero-order valence-corrected chi connectivity index (χ0v) is 15.3. The smallest absolute Gasteiger partial charge is 0.331 e. The molecule has 2 rings (SSSR count). The van der Waals surface area contributed by atoms with Crippen LogP contribution in [0.25, 0.3) is 6.08 Å². The van der Waals surface area contributed by atoms with E-state index in [1.54, 1.807) is 24.3 Å². The van der Waals surface area contributed by atoms with Crippen LogP contribution in [0.15, 0.2) is 42.5 Å². The Hall–Kier alpha value is -2.30. The van der Waals surface area contributed by atoms with Gasteiger partial charge in [-0.15, -0.1) is 0 Å². The summed E-state index contributed by atoms with van der Waals surface area (Å²) in [4.78, 5) is 23.6. The highest BCUT2D eigenvalue weighted by Crippen LogP contribution is 2.22. The molecule has 6 heteroatoms. The summed E-state index contributed by atoms with van der Waals surface area (Å²) in [5, 5.41) is 3.65. The van der Waals surface area contributed by atoms with Crippen LogP contribution in [0.4, 0.5) is 5.69 Å². The monoisotopic (exact) mass is 377 g/mol. The first-order chi connectivity index (χ1) is 11.9. The van der Waals surface area contributed by atoms with Gasteiger partial charge in [0.15, 0.2) is 6.61 Å². The van der Waals surface area contributed by atoms with Crippen LogP contribution >= 0.6 is 23.2 Å². The number of benzene rings is 2. The molecule has 0 aromatic heterocycles. The third-order valence-corrected chi connectivity index (χ3v) is 4.15. The molecular weight excluding hydrogens is 361 g/mol. The number of anilines is 1. The fourth-order valence-corrected chi connectivity index (χ4v) is 2.52. The Balaban J connectivity index is 1.88. The third-order valence-electron chi connectivity index (χ3n) is 3.59. The summed E-state index contributed by atoms with van der Waals surface area (Å²) >= 11 is 11.8. The Labute approximate surface area is 156 Å². The molecule has 0 aliphatic rings. The topological polar surface area (TPSA) is 55.4 Å². The number of hydrogen-bond acceptors (Lipinski definition) is 3. The molecule has 0 saturated heterocycles. The van der Waals surface area contributed by atoms with Gasteiger partial charge in [-0.3, -0.25) is 4.79 Å². The summed E-state index contributed by atoms with van der Waals surface area (Å²) in [5.41, 5.74) is 3.37. The number of aryl methyl sites for hydroxylation is 1. The maximum absolute atomic E-state index is 11.9. The zero-order valence-electron chi connectivity index (χ0n) is 13.8. The largest absolute Gasteiger partial charge is 0.452 e. The summed E-state index contributed by atoms with van der Waals surface area (Å²) in [5.74, 6) is -1.04. The lowest BCUT2D eigenvalue weighted by atomic mass is 10.1. The van der Waals surface area contributed by atoms with Crippen LogP contribution in [0.3, 0.4) is 0 Å². The number of nitrogens with one attached hydrogen (secondary N) is 1. The molecule has 2 aromatic carbocycles. The minimum Gasteiger partial charge on any atom is -0.452 e. The second-order valence-corrected chi connectivity index (χ2v) is 6.25. The maximum atomic E-state index is 11.9. The van der Waals surface area contributed by atoms with Gasteiger partial charge in [-0.1, -0.05) is 41.4 Å². The van der Waals surface area contributed by atoms with E-state index in [-0.39, 0.29) is 6.61 Å². The van der Waals surface area contributed by atoms with Crippen molar-refractivity contribution >= 4 is 46.8 Å². The molecule has 0 aliphatic heterocycles. The first-order valence-electron chi connectivity index (χ1n) is 7.53. The van der Waals surface area contributed by atoms with E-state index in [9.17, 15) is 9.59 Å². The van der Waals surface area contributed by atoms with Crippen LogP contribution in [0.1, 0.15) is 16.7 Å². The van der Waals surface area contributed by atoms with Gasteiger partial charge in [0.05, 0.1) is 0 Å². The van der Waals surface area contributed by atoms with Gasteiger partial charge in [-0.2, -0.15) is 0 Å². The standard InChI is InChI=1S/C19H17Cl2NO3/c1-12-4-3-5-17(13(12)2)22-18(23)11-25-19(24)9-7-14-6-8-15(20)10-16(14)21/h3-10H,11H2,1-2H3,(H,22,23). The molecule has 0 aliphatic carbocycles. The normalized spacial score (nSPS) is 10.7. The second kappa shape index (κ2) is 8.70. The molecule has 0 unspecified atom stereocenters. The summed E-state index contributed by atoms with van der Waals surface area (Å²) in [6.45, 7) is 3.50. The van der Waals surface area contributed by atoms with Crippen molar-refractivity contribution in [1.82, 2.24) is 0 Å². The van der Waals surface area contributed by atoms with E-state index in [0.29, 0.717) is 21.3 Å². The molecule has 0 fully saturated rings. The Bertz CT molecular complexity index is 831. The van der Waals surface area contributed by atoms with E-state index in [0.717, 1.165) is 11.1 Å². The van der Waals surface area contributed by atoms with Crippen LogP contribution in [-0.2, 0) is 14.3 Å². The van der Waals surface area contributed by atoms with Gasteiger partial charge in [0.2, 0.25) is 0 Å². The minimum absolute atomic E-state index is 0.370. The number of rotatable bonds is 5. The molecule has 0 atom stereocenters. The van der Waals surface area contributed by atoms with E-state index < -0.39 is 11.9 Å². The predicted octanol–water partition coefficient (Wildman–Crippen LogP) is 4.81. The lowest BCUT2D eigenvalue weighted by Gasteiger charge is -2.10. The van der Waals surface area contributed by atoms with Gasteiger partial charge in [0, 0.05) is 21.8 Å². The molecule has 0 radical (unpaired) electrons. The SMILES string of the molecule is Cc1cccc(NC(=O)COC(=O)C=Cc2ccc(Cl)cc2Cl)c1C. The van der Waals surface area contributed by atoms with Crippen molar-refractivity contribution in [2.45, 2.75) is 13.8 Å². The maximum Gasteiger partial charge on any atom is 0.331 e. The van der Waals surface area contributed by atoms with Gasteiger partial charge >= 0.3 is 5.97 Å². The molecule has 4 nitrogen and oxygen atoms in total. The van der Waals surface area contributed by atoms with Crippen molar-refractivity contribution in [3.05, 3.63) is 69.2 Å². The highest BCUT2D eigenvalue weighted by Gasteiger charge is 2.08. The quantitative estimate of drug-likeness (QED) is 0.600. The van der Waals surface area contributed by atoms with Gasteiger partial charge in [-0.25, -0.2) is 4.79 Å². The van der Waals surface area contributed by atoms with E-state index in [4.69, 9.17) is 27.9 Å². The fourth-order valence-electron chi connectivity index (χ4n) is 2.05. The number of carbonyl (C=O) groups excluding carboxylic acids is 2. The van der Waals surface area contributed by atoms with Crippen LogP contribution in [0.2, 0.25) is 10.0 Å². The van der Waals surface area contributed by atoms with Crippen LogP contribution in [0, 0.1) is 13.8 Å². The number of esters is 1. The van der Waals surface area contributed by atoms with E-state index in [1.807, 2.05) is 26.0 Å². The van der Waals surface area contributed by atoms with Gasteiger partial charge in [-0.05, 0) is 54.8 Å². The highest BCUT2D eigenvalue weighted by atomic mass is 35.5. The molecule has 130 valence electrons. The number of hydrogen-bond donors (Lipinski definition) is 1. The fraction of sp³-hybridized carbons (Fsp3) is 0.158. The minimum atomic E-state index is -0.637. The van der Waals surface area contributed by atoms with Crippen LogP contribution in [0.5, 0.6) is 0 Å². The van der Waals surface area contributed by atoms with Crippen molar-refractivity contribution in [1.29, 1.82) is 0 Å². The molecular formula is C19H17Cl2NO3. The highest BCUT2D eigenvalue weighted by molar-refractivity contribution is 6.35. The molecule has 0 saturated carbocycles. The van der Waals surface area contributed by atoms with Crippen molar-refractivity contribution in [2.24, 2.45) is 0 Å². The molecule has 1 amide bonds. The average molecular weight is 378 g/mol. The third kappa shape index (κ3) is 5.62. The molecule has 25 heavy (non-hydrogen) atoms. The van der Waals surface area contributed by atoms with Crippen molar-refractivity contribution in [3.8, 4) is 0 Å². The van der Waals surface area contributed by atoms with Crippen molar-refractivity contribution in [3.63, 3.8) is 0 Å². The zero-order chi connectivity index (χ0) is 18.4. The number of halogens is 2. The molecule has 0 bridgehead atoms. The van der Waals surface area contributed by atoms with Gasteiger partial charge < -0.3 is 10.1 Å². The molecule has 2 aromatic rings. The van der Waals surface area contributed by atoms with Gasteiger partial charge in [0.25, 0.3) is 5.91 Å². The number of carbonyl (C=O) groups is 2. The Morgan fingerprint density at radius 3 is 2.64 bits per heavy atom. The first kappa shape index (κ1) is 19.0. The Morgan fingerprint density at radius 1 is 1.16 bits per heavy atom. The summed E-state index contributed by atoms with van der Waals surface area (Å²) in [6, 6.07) is 10.5. The van der Waals surface area contributed by atoms with Crippen LogP contribution < -0.4 is 5.32 Å². The number of ether oxygens (including phenoxy) is 1. The van der Waals surface area contributed by atoms with E-state index in [2.05, 4.69) is 5.32 Å². The lowest BCUT2D eigenvalue weighted by Crippen LogP contribution is -2.20. The van der Waals surface area contributed by atoms with Crippen molar-refractivity contribution < 1.29 is 14.3 Å². The average Bonchev–Trinajstić information content (AvgIpc) is 2.56. The number of amides is 1. The Kier molecular flexibility index (Phi) is 6.62. The van der Waals surface area contributed by atoms with Crippen molar-refractivity contribution in [2.75, 3.05) is 11.9 Å². The molecule has 0 spiro atoms. The second-order valence-electron chi connectivity index (χ2n) is 5.40. The Morgan fingerprint density at radius 2 is 1.92 bits per heavy atom. The van der Waals surface area contributed by atoms with E-state index >= 15 is 0 Å². The van der Waals surface area contributed by atoms with Gasteiger partial charge in [0.1, 0.15) is 0 Å². The summed E-state index contributed by atoms with van der Waals surface area (Å²) < 4.78 is 4.92. The summed E-state index contributed by atoms with van der Waals surface area (Å²) in [7, 11) is 0. The lowest BCUT2D eigenvalue weighted by molar-refractivity contribution is -0.142. The summed E-state index contributed by atoms with van der Waals surface area (Å²) in [6.07, 6.45) is 2.71. The first-order valence-corrected chi connectivity index (χ1v) is 8.28. The molecule has 1 N–H and O–H groups in total. The van der Waals surface area contributed by atoms with E-state index in [1.165, 1.54) is 12.2 Å². The molecule has 0 heterocycles.